The van der Waals surface area contributed by atoms with Crippen molar-refractivity contribution in [1.82, 2.24) is 0 Å². The molecule has 2 rings (SSSR count). The molecule has 0 bridgehead atoms. The molecule has 100 valence electrons. The van der Waals surface area contributed by atoms with Crippen LogP contribution in [0.15, 0.2) is 24.3 Å². The lowest BCUT2D eigenvalue weighted by molar-refractivity contribution is 0.180. The second-order valence-electron chi connectivity index (χ2n) is 6.44. The van der Waals surface area contributed by atoms with Gasteiger partial charge < -0.3 is 10.5 Å². The Labute approximate surface area is 111 Å². The van der Waals surface area contributed by atoms with Crippen molar-refractivity contribution < 1.29 is 4.74 Å². The van der Waals surface area contributed by atoms with Crippen LogP contribution in [0, 0.1) is 5.92 Å². The fourth-order valence-corrected chi connectivity index (χ4v) is 2.47. The van der Waals surface area contributed by atoms with E-state index in [0.717, 1.165) is 26.1 Å². The standard InChI is InChI=1S/C16H25NO/c1-16(2,3)14-6-4-12(5-7-14)10-15(17)13-8-9-18-11-13/h4-7,13,15H,8-11,17H2,1-3H3. The van der Waals surface area contributed by atoms with E-state index in [1.54, 1.807) is 0 Å². The van der Waals surface area contributed by atoms with Gasteiger partial charge in [0, 0.05) is 12.6 Å². The number of hydrogen-bond donors (Lipinski definition) is 1. The summed E-state index contributed by atoms with van der Waals surface area (Å²) >= 11 is 0. The van der Waals surface area contributed by atoms with Gasteiger partial charge >= 0.3 is 0 Å². The van der Waals surface area contributed by atoms with Gasteiger partial charge in [0.05, 0.1) is 6.61 Å². The molecule has 18 heavy (non-hydrogen) atoms. The molecular formula is C16H25NO. The fraction of sp³-hybridized carbons (Fsp3) is 0.625. The van der Waals surface area contributed by atoms with E-state index < -0.39 is 0 Å². The van der Waals surface area contributed by atoms with Crippen molar-refractivity contribution in [2.24, 2.45) is 11.7 Å². The molecular weight excluding hydrogens is 222 g/mol. The van der Waals surface area contributed by atoms with Crippen LogP contribution in [-0.4, -0.2) is 19.3 Å². The maximum Gasteiger partial charge on any atom is 0.0510 e. The van der Waals surface area contributed by atoms with E-state index in [2.05, 4.69) is 45.0 Å². The van der Waals surface area contributed by atoms with Crippen molar-refractivity contribution in [3.63, 3.8) is 0 Å². The molecule has 0 spiro atoms. The Morgan fingerprint density at radius 3 is 2.44 bits per heavy atom. The minimum absolute atomic E-state index is 0.222. The third kappa shape index (κ3) is 3.33. The van der Waals surface area contributed by atoms with Gasteiger partial charge in [-0.1, -0.05) is 45.0 Å². The van der Waals surface area contributed by atoms with E-state index >= 15 is 0 Å². The zero-order valence-corrected chi connectivity index (χ0v) is 11.8. The first-order chi connectivity index (χ1) is 8.47. The van der Waals surface area contributed by atoms with Crippen LogP contribution in [0.2, 0.25) is 0 Å². The summed E-state index contributed by atoms with van der Waals surface area (Å²) in [6, 6.07) is 9.13. The Morgan fingerprint density at radius 1 is 1.28 bits per heavy atom. The molecule has 2 nitrogen and oxygen atoms in total. The third-order valence-electron chi connectivity index (χ3n) is 3.86. The second-order valence-corrected chi connectivity index (χ2v) is 6.44. The van der Waals surface area contributed by atoms with Crippen LogP contribution >= 0.6 is 0 Å². The first-order valence-electron chi connectivity index (χ1n) is 6.89. The van der Waals surface area contributed by atoms with Crippen molar-refractivity contribution in [2.75, 3.05) is 13.2 Å². The lowest BCUT2D eigenvalue weighted by Gasteiger charge is -2.21. The highest BCUT2D eigenvalue weighted by Gasteiger charge is 2.23. The molecule has 1 aliphatic rings. The summed E-state index contributed by atoms with van der Waals surface area (Å²) in [6.45, 7) is 8.43. The average molecular weight is 247 g/mol. The van der Waals surface area contributed by atoms with Gasteiger partial charge in [0.15, 0.2) is 0 Å². The number of hydrogen-bond acceptors (Lipinski definition) is 2. The lowest BCUT2D eigenvalue weighted by atomic mass is 9.86. The van der Waals surface area contributed by atoms with E-state index in [1.165, 1.54) is 11.1 Å². The van der Waals surface area contributed by atoms with Crippen LogP contribution in [-0.2, 0) is 16.6 Å². The SMILES string of the molecule is CC(C)(C)c1ccc(CC(N)C2CCOC2)cc1. The molecule has 0 amide bonds. The maximum absolute atomic E-state index is 6.25. The summed E-state index contributed by atoms with van der Waals surface area (Å²) in [6.07, 6.45) is 2.07. The molecule has 1 heterocycles. The highest BCUT2D eigenvalue weighted by Crippen LogP contribution is 2.23. The van der Waals surface area contributed by atoms with Crippen LogP contribution in [0.5, 0.6) is 0 Å². The predicted octanol–water partition coefficient (Wildman–Crippen LogP) is 2.89. The van der Waals surface area contributed by atoms with Crippen molar-refractivity contribution in [3.05, 3.63) is 35.4 Å². The molecule has 1 aromatic carbocycles. The Morgan fingerprint density at radius 2 is 1.94 bits per heavy atom. The van der Waals surface area contributed by atoms with Gasteiger partial charge in [-0.25, -0.2) is 0 Å². The molecule has 1 saturated heterocycles. The summed E-state index contributed by atoms with van der Waals surface area (Å²) in [5.41, 5.74) is 9.19. The van der Waals surface area contributed by atoms with Gasteiger partial charge in [-0.05, 0) is 35.3 Å². The van der Waals surface area contributed by atoms with Gasteiger partial charge in [-0.3, -0.25) is 0 Å². The topological polar surface area (TPSA) is 35.2 Å². The van der Waals surface area contributed by atoms with Crippen LogP contribution < -0.4 is 5.73 Å². The minimum atomic E-state index is 0.222. The molecule has 2 N–H and O–H groups in total. The van der Waals surface area contributed by atoms with E-state index in [0.29, 0.717) is 5.92 Å². The van der Waals surface area contributed by atoms with Crippen molar-refractivity contribution >= 4 is 0 Å². The van der Waals surface area contributed by atoms with Crippen molar-refractivity contribution in [2.45, 2.75) is 45.1 Å². The van der Waals surface area contributed by atoms with Gasteiger partial charge in [0.1, 0.15) is 0 Å². The Hall–Kier alpha value is -0.860. The molecule has 1 aromatic rings. The second kappa shape index (κ2) is 5.41. The first-order valence-corrected chi connectivity index (χ1v) is 6.89. The Bertz CT molecular complexity index is 371. The summed E-state index contributed by atoms with van der Waals surface area (Å²) in [5, 5.41) is 0. The summed E-state index contributed by atoms with van der Waals surface area (Å²) in [7, 11) is 0. The zero-order valence-electron chi connectivity index (χ0n) is 11.8. The number of nitrogens with two attached hydrogens (primary N) is 1. The van der Waals surface area contributed by atoms with Gasteiger partial charge in [-0.2, -0.15) is 0 Å². The molecule has 0 aliphatic carbocycles. The maximum atomic E-state index is 6.25. The predicted molar refractivity (Wildman–Crippen MR) is 75.7 cm³/mol. The smallest absolute Gasteiger partial charge is 0.0510 e. The molecule has 1 aliphatic heterocycles. The Balaban J connectivity index is 1.97. The molecule has 1 fully saturated rings. The third-order valence-corrected chi connectivity index (χ3v) is 3.86. The first kappa shape index (κ1) is 13.6. The fourth-order valence-electron chi connectivity index (χ4n) is 2.47. The highest BCUT2D eigenvalue weighted by molar-refractivity contribution is 5.28. The van der Waals surface area contributed by atoms with Gasteiger partial charge in [0.25, 0.3) is 0 Å². The lowest BCUT2D eigenvalue weighted by Crippen LogP contribution is -2.32. The summed E-state index contributed by atoms with van der Waals surface area (Å²) in [4.78, 5) is 0. The molecule has 2 atom stereocenters. The zero-order chi connectivity index (χ0) is 13.2. The van der Waals surface area contributed by atoms with Crippen LogP contribution in [0.3, 0.4) is 0 Å². The van der Waals surface area contributed by atoms with Crippen LogP contribution in [0.25, 0.3) is 0 Å². The van der Waals surface area contributed by atoms with Crippen LogP contribution in [0.1, 0.15) is 38.3 Å². The van der Waals surface area contributed by atoms with E-state index in [4.69, 9.17) is 10.5 Å². The molecule has 0 saturated carbocycles. The van der Waals surface area contributed by atoms with E-state index in [9.17, 15) is 0 Å². The van der Waals surface area contributed by atoms with E-state index in [1.807, 2.05) is 0 Å². The summed E-state index contributed by atoms with van der Waals surface area (Å²) < 4.78 is 5.40. The van der Waals surface area contributed by atoms with Gasteiger partial charge in [0.2, 0.25) is 0 Å². The largest absolute Gasteiger partial charge is 0.381 e. The van der Waals surface area contributed by atoms with Crippen molar-refractivity contribution in [1.29, 1.82) is 0 Å². The molecule has 2 unspecified atom stereocenters. The minimum Gasteiger partial charge on any atom is -0.381 e. The number of benzene rings is 1. The van der Waals surface area contributed by atoms with Gasteiger partial charge in [-0.15, -0.1) is 0 Å². The quantitative estimate of drug-likeness (QED) is 0.891. The number of rotatable bonds is 3. The van der Waals surface area contributed by atoms with Crippen LogP contribution in [0.4, 0.5) is 0 Å². The molecule has 0 radical (unpaired) electrons. The van der Waals surface area contributed by atoms with Crippen molar-refractivity contribution in [3.8, 4) is 0 Å². The normalized spacial score (nSPS) is 22.1. The average Bonchev–Trinajstić information content (AvgIpc) is 2.82. The monoisotopic (exact) mass is 247 g/mol. The highest BCUT2D eigenvalue weighted by atomic mass is 16.5. The molecule has 2 heteroatoms. The number of ether oxygens (including phenoxy) is 1. The molecule has 0 aromatic heterocycles. The summed E-state index contributed by atoms with van der Waals surface area (Å²) in [5.74, 6) is 0.535. The Kier molecular flexibility index (Phi) is 4.08. The van der Waals surface area contributed by atoms with E-state index in [-0.39, 0.29) is 11.5 Å².